The van der Waals surface area contributed by atoms with Gasteiger partial charge in [-0.1, -0.05) is 158 Å². The van der Waals surface area contributed by atoms with Crippen LogP contribution in [0.3, 0.4) is 0 Å². The molecule has 6 aromatic carbocycles. The highest BCUT2D eigenvalue weighted by atomic mass is 32.2. The maximum Gasteiger partial charge on any atom is 0.211 e. The molecular weight excluding hydrogens is 515 g/mol. The third-order valence-electron chi connectivity index (χ3n) is 7.69. The zero-order chi connectivity index (χ0) is 28.5. The maximum absolute atomic E-state index is 11.9. The Labute approximate surface area is 247 Å². The number of ketones is 1. The van der Waals surface area contributed by atoms with E-state index in [4.69, 9.17) is 0 Å². The van der Waals surface area contributed by atoms with E-state index in [2.05, 4.69) is 140 Å². The Bertz CT molecular complexity index is 1520. The highest BCUT2D eigenvalue weighted by molar-refractivity contribution is 7.96. The minimum absolute atomic E-state index is 0.171. The van der Waals surface area contributed by atoms with Crippen molar-refractivity contribution in [1.82, 2.24) is 0 Å². The molecule has 0 fully saturated rings. The summed E-state index contributed by atoms with van der Waals surface area (Å²) in [6, 6.07) is 57.6. The van der Waals surface area contributed by atoms with Gasteiger partial charge in [-0.3, -0.25) is 4.79 Å². The molecule has 0 spiro atoms. The lowest BCUT2D eigenvalue weighted by Crippen LogP contribution is -2.74. The molecule has 0 saturated heterocycles. The van der Waals surface area contributed by atoms with Crippen LogP contribution in [0.4, 0.5) is 0 Å². The summed E-state index contributed by atoms with van der Waals surface area (Å²) in [4.78, 5) is 11.9. The van der Waals surface area contributed by atoms with Gasteiger partial charge in [-0.25, -0.2) is 0 Å². The number of carbonyl (C=O) groups excluding carboxylic acids is 1. The summed E-state index contributed by atoms with van der Waals surface area (Å²) in [5, 5.41) is 2.33. The van der Waals surface area contributed by atoms with Gasteiger partial charge in [0.2, 0.25) is 5.78 Å². The lowest BCUT2D eigenvalue weighted by molar-refractivity contribution is 0.102. The minimum Gasteiger partial charge on any atom is -0.289 e. The first kappa shape index (κ1) is 28.2. The van der Waals surface area contributed by atoms with Crippen molar-refractivity contribution in [2.75, 3.05) is 18.3 Å². The Balaban J connectivity index is 0.000000182. The fourth-order valence-corrected chi connectivity index (χ4v) is 6.52. The SMILES string of the molecule is C[S+](C)CC(=O)c1ccc2ccccc2c1.c1ccc([B-](c2ccccc2)(c2ccccc2)c2ccccc2)cc1. The fourth-order valence-electron chi connectivity index (χ4n) is 5.83. The number of carbonyl (C=O) groups is 1. The van der Waals surface area contributed by atoms with Crippen LogP contribution in [0, 0.1) is 0 Å². The summed E-state index contributed by atoms with van der Waals surface area (Å²) >= 11 is 0. The van der Waals surface area contributed by atoms with Gasteiger partial charge < -0.3 is 0 Å². The second kappa shape index (κ2) is 13.3. The molecule has 6 aromatic rings. The van der Waals surface area contributed by atoms with Crippen LogP contribution < -0.4 is 21.9 Å². The summed E-state index contributed by atoms with van der Waals surface area (Å²) in [6.07, 6.45) is 2.98. The molecule has 41 heavy (non-hydrogen) atoms. The number of fused-ring (bicyclic) bond motifs is 1. The predicted molar refractivity (Wildman–Crippen MR) is 182 cm³/mol. The summed E-state index contributed by atoms with van der Waals surface area (Å²) < 4.78 is 0. The van der Waals surface area contributed by atoms with Crippen LogP contribution in [0.15, 0.2) is 164 Å². The van der Waals surface area contributed by atoms with Gasteiger partial charge in [0.1, 0.15) is 6.15 Å². The first-order valence-corrected chi connectivity index (χ1v) is 16.2. The zero-order valence-corrected chi connectivity index (χ0v) is 24.5. The topological polar surface area (TPSA) is 17.1 Å². The molecule has 0 N–H and O–H groups in total. The molecule has 6 rings (SSSR count). The lowest BCUT2D eigenvalue weighted by atomic mass is 9.13. The zero-order valence-electron chi connectivity index (χ0n) is 23.7. The second-order valence-electron chi connectivity index (χ2n) is 10.6. The molecule has 0 aromatic heterocycles. The number of Topliss-reactive ketones (excluding diaryl/α,β-unsaturated/α-hetero) is 1. The van der Waals surface area contributed by atoms with Gasteiger partial charge in [-0.05, 0) is 27.7 Å². The van der Waals surface area contributed by atoms with Gasteiger partial charge in [-0.2, -0.15) is 21.9 Å². The van der Waals surface area contributed by atoms with E-state index in [1.807, 2.05) is 36.4 Å². The van der Waals surface area contributed by atoms with Gasteiger partial charge in [0.15, 0.2) is 5.75 Å². The van der Waals surface area contributed by atoms with E-state index in [1.165, 1.54) is 27.2 Å². The van der Waals surface area contributed by atoms with Crippen molar-refractivity contribution < 1.29 is 4.79 Å². The van der Waals surface area contributed by atoms with E-state index in [1.54, 1.807) is 0 Å². The van der Waals surface area contributed by atoms with Crippen molar-refractivity contribution in [3.05, 3.63) is 169 Å². The standard InChI is InChI=1S/C24H20B.C14H15OS/c1-5-13-21(14-6-1)25(22-15-7-2-8-16-22,23-17-9-3-10-18-23)24-19-11-4-12-20-24;1-16(2)10-14(15)13-8-7-11-5-3-4-6-12(11)9-13/h1-20H;3-9H,10H2,1-2H3/q-1;+1. The average molecular weight is 551 g/mol. The van der Waals surface area contributed by atoms with Crippen molar-refractivity contribution in [3.63, 3.8) is 0 Å². The molecule has 0 aliphatic carbocycles. The van der Waals surface area contributed by atoms with Crippen molar-refractivity contribution >= 4 is 55.4 Å². The summed E-state index contributed by atoms with van der Waals surface area (Å²) in [6.45, 7) is 0. The normalized spacial score (nSPS) is 11.1. The molecule has 0 amide bonds. The number of hydrogen-bond acceptors (Lipinski definition) is 1. The molecule has 0 heterocycles. The van der Waals surface area contributed by atoms with Gasteiger partial charge >= 0.3 is 0 Å². The largest absolute Gasteiger partial charge is 0.289 e. The summed E-state index contributed by atoms with van der Waals surface area (Å²) in [5.74, 6) is 0.900. The Morgan fingerprint density at radius 3 is 1.24 bits per heavy atom. The smallest absolute Gasteiger partial charge is 0.211 e. The highest BCUT2D eigenvalue weighted by Crippen LogP contribution is 2.16. The Morgan fingerprint density at radius 2 is 0.854 bits per heavy atom. The molecule has 0 radical (unpaired) electrons. The van der Waals surface area contributed by atoms with Crippen LogP contribution in [-0.4, -0.2) is 30.2 Å². The van der Waals surface area contributed by atoms with E-state index in [0.717, 1.165) is 10.9 Å². The van der Waals surface area contributed by atoms with E-state index >= 15 is 0 Å². The Kier molecular flexibility index (Phi) is 9.18. The molecule has 0 aliphatic rings. The summed E-state index contributed by atoms with van der Waals surface area (Å²) in [5.41, 5.74) is 6.19. The molecule has 1 nitrogen and oxygen atoms in total. The molecule has 3 heteroatoms. The number of hydrogen-bond donors (Lipinski definition) is 0. The van der Waals surface area contributed by atoms with Crippen LogP contribution in [0.5, 0.6) is 0 Å². The highest BCUT2D eigenvalue weighted by Gasteiger charge is 2.31. The lowest BCUT2D eigenvalue weighted by Gasteiger charge is -2.44. The molecule has 202 valence electrons. The number of rotatable bonds is 7. The minimum atomic E-state index is -1.22. The monoisotopic (exact) mass is 550 g/mol. The second-order valence-corrected chi connectivity index (χ2v) is 12.9. The average Bonchev–Trinajstić information content (AvgIpc) is 3.03. The van der Waals surface area contributed by atoms with Gasteiger partial charge in [0, 0.05) is 5.56 Å². The Morgan fingerprint density at radius 1 is 0.488 bits per heavy atom. The molecular formula is C38H35BOS. The van der Waals surface area contributed by atoms with Crippen molar-refractivity contribution in [2.24, 2.45) is 0 Å². The molecule has 0 atom stereocenters. The molecule has 0 aliphatic heterocycles. The first-order valence-electron chi connectivity index (χ1n) is 14.0. The van der Waals surface area contributed by atoms with Crippen LogP contribution in [0.25, 0.3) is 10.8 Å². The van der Waals surface area contributed by atoms with E-state index < -0.39 is 6.15 Å². The summed E-state index contributed by atoms with van der Waals surface area (Å²) in [7, 11) is 0.171. The third-order valence-corrected chi connectivity index (χ3v) is 8.53. The maximum atomic E-state index is 11.9. The Hall–Kier alpha value is -4.34. The van der Waals surface area contributed by atoms with Crippen molar-refractivity contribution in [3.8, 4) is 0 Å². The van der Waals surface area contributed by atoms with E-state index in [9.17, 15) is 4.79 Å². The van der Waals surface area contributed by atoms with E-state index in [0.29, 0.717) is 5.75 Å². The van der Waals surface area contributed by atoms with Crippen LogP contribution in [0.1, 0.15) is 10.4 Å². The molecule has 0 bridgehead atoms. The van der Waals surface area contributed by atoms with Crippen LogP contribution >= 0.6 is 0 Å². The van der Waals surface area contributed by atoms with Gasteiger partial charge in [0.25, 0.3) is 0 Å². The number of benzene rings is 6. The quantitative estimate of drug-likeness (QED) is 0.136. The van der Waals surface area contributed by atoms with Crippen molar-refractivity contribution in [2.45, 2.75) is 0 Å². The van der Waals surface area contributed by atoms with Crippen LogP contribution in [0.2, 0.25) is 0 Å². The first-order chi connectivity index (χ1) is 20.1. The molecule has 0 saturated carbocycles. The third kappa shape index (κ3) is 6.37. The van der Waals surface area contributed by atoms with Crippen LogP contribution in [-0.2, 0) is 10.9 Å². The predicted octanol–water partition coefficient (Wildman–Crippen LogP) is 5.96. The van der Waals surface area contributed by atoms with E-state index in [-0.39, 0.29) is 16.7 Å². The fraction of sp³-hybridized carbons (Fsp3) is 0.0789. The van der Waals surface area contributed by atoms with Gasteiger partial charge in [-0.15, -0.1) is 0 Å². The van der Waals surface area contributed by atoms with Gasteiger partial charge in [0.05, 0.1) is 12.5 Å². The molecule has 0 unspecified atom stereocenters. The van der Waals surface area contributed by atoms with Crippen molar-refractivity contribution in [1.29, 1.82) is 0 Å².